The molecule has 0 atom stereocenters. The highest BCUT2D eigenvalue weighted by atomic mass is 19.1. The summed E-state index contributed by atoms with van der Waals surface area (Å²) in [5.41, 5.74) is 8.64. The van der Waals surface area contributed by atoms with Crippen LogP contribution in [0.25, 0.3) is 27.7 Å². The lowest BCUT2D eigenvalue weighted by atomic mass is 10.0. The largest absolute Gasteiger partial charge is 0.396 e. The van der Waals surface area contributed by atoms with Crippen LogP contribution >= 0.6 is 0 Å². The molecule has 3 aromatic heterocycles. The van der Waals surface area contributed by atoms with Crippen LogP contribution in [0.3, 0.4) is 0 Å². The molecule has 0 spiro atoms. The number of fused-ring (bicyclic) bond motifs is 2. The Bertz CT molecular complexity index is 1170. The maximum absolute atomic E-state index is 14.2. The number of nitrogen functional groups attached to an aromatic ring is 1. The van der Waals surface area contributed by atoms with E-state index in [1.807, 2.05) is 12.3 Å². The van der Waals surface area contributed by atoms with Gasteiger partial charge in [0.2, 0.25) is 5.91 Å². The Kier molecular flexibility index (Phi) is 3.03. The Labute approximate surface area is 147 Å². The van der Waals surface area contributed by atoms with Crippen molar-refractivity contribution in [2.45, 2.75) is 12.8 Å². The van der Waals surface area contributed by atoms with Crippen molar-refractivity contribution in [1.82, 2.24) is 19.6 Å². The van der Waals surface area contributed by atoms with E-state index in [1.54, 1.807) is 22.9 Å². The van der Waals surface area contributed by atoms with Gasteiger partial charge in [0, 0.05) is 34.7 Å². The summed E-state index contributed by atoms with van der Waals surface area (Å²) < 4.78 is 16.0. The number of carbonyl (C=O) groups excluding carboxylic acids is 1. The van der Waals surface area contributed by atoms with E-state index in [4.69, 9.17) is 5.73 Å². The van der Waals surface area contributed by atoms with Crippen LogP contribution in [-0.4, -0.2) is 25.5 Å². The standard InChI is InChI=1S/C18H15FN6O/c19-12-5-13-11(6-21-24-13)16(17(12)20)10-3-4-15-22-14(8-25(15)7-10)23-18(26)9-1-2-9/h3-9H,1-2,20H2,(H,21,24)(H,23,26). The SMILES string of the molecule is Nc1c(F)cc2[nH]ncc2c1-c1ccc2nc(NC(=O)C3CC3)cn2c1. The molecule has 0 unspecified atom stereocenters. The molecule has 1 aliphatic rings. The zero-order chi connectivity index (χ0) is 17.8. The van der Waals surface area contributed by atoms with Gasteiger partial charge in [-0.05, 0) is 25.0 Å². The molecule has 4 aromatic rings. The van der Waals surface area contributed by atoms with Gasteiger partial charge in [-0.2, -0.15) is 5.10 Å². The van der Waals surface area contributed by atoms with Crippen molar-refractivity contribution in [1.29, 1.82) is 0 Å². The van der Waals surface area contributed by atoms with Gasteiger partial charge in [-0.15, -0.1) is 0 Å². The third-order valence-corrected chi connectivity index (χ3v) is 4.67. The number of halogens is 1. The van der Waals surface area contributed by atoms with Crippen LogP contribution in [0.2, 0.25) is 0 Å². The molecule has 0 aliphatic heterocycles. The lowest BCUT2D eigenvalue weighted by Crippen LogP contribution is -2.13. The fourth-order valence-corrected chi connectivity index (χ4v) is 3.16. The average Bonchev–Trinajstić information content (AvgIpc) is 3.25. The number of rotatable bonds is 3. The number of amides is 1. The number of imidazole rings is 1. The average molecular weight is 350 g/mol. The van der Waals surface area contributed by atoms with Crippen molar-refractivity contribution in [2.75, 3.05) is 11.1 Å². The normalized spacial score (nSPS) is 14.2. The van der Waals surface area contributed by atoms with Crippen LogP contribution < -0.4 is 11.1 Å². The molecular weight excluding hydrogens is 335 g/mol. The smallest absolute Gasteiger partial charge is 0.228 e. The number of aromatic amines is 1. The summed E-state index contributed by atoms with van der Waals surface area (Å²) >= 11 is 0. The first kappa shape index (κ1) is 14.9. The van der Waals surface area contributed by atoms with Gasteiger partial charge in [-0.25, -0.2) is 9.37 Å². The third-order valence-electron chi connectivity index (χ3n) is 4.67. The third kappa shape index (κ3) is 2.30. The second-order valence-corrected chi connectivity index (χ2v) is 6.55. The van der Waals surface area contributed by atoms with Crippen molar-refractivity contribution in [2.24, 2.45) is 5.92 Å². The maximum Gasteiger partial charge on any atom is 0.228 e. The molecule has 1 aromatic carbocycles. The highest BCUT2D eigenvalue weighted by Gasteiger charge is 2.30. The Balaban J connectivity index is 1.60. The van der Waals surface area contributed by atoms with E-state index >= 15 is 0 Å². The number of H-pyrrole nitrogens is 1. The minimum Gasteiger partial charge on any atom is -0.396 e. The summed E-state index contributed by atoms with van der Waals surface area (Å²) in [5, 5.41) is 10.3. The lowest BCUT2D eigenvalue weighted by molar-refractivity contribution is -0.117. The van der Waals surface area contributed by atoms with Crippen molar-refractivity contribution in [3.8, 4) is 11.1 Å². The molecule has 130 valence electrons. The van der Waals surface area contributed by atoms with Crippen LogP contribution in [0.5, 0.6) is 0 Å². The Morgan fingerprint density at radius 1 is 1.35 bits per heavy atom. The van der Waals surface area contributed by atoms with Gasteiger partial charge >= 0.3 is 0 Å². The van der Waals surface area contributed by atoms with Crippen molar-refractivity contribution in [3.05, 3.63) is 42.6 Å². The molecule has 4 N–H and O–H groups in total. The minimum absolute atomic E-state index is 0.00288. The molecule has 7 nitrogen and oxygen atoms in total. The first-order valence-electron chi connectivity index (χ1n) is 8.31. The first-order valence-corrected chi connectivity index (χ1v) is 8.31. The van der Waals surface area contributed by atoms with E-state index in [1.165, 1.54) is 6.07 Å². The van der Waals surface area contributed by atoms with Gasteiger partial charge in [-0.1, -0.05) is 0 Å². The molecule has 0 bridgehead atoms. The quantitative estimate of drug-likeness (QED) is 0.494. The number of hydrogen-bond donors (Lipinski definition) is 3. The predicted molar refractivity (Wildman–Crippen MR) is 96.0 cm³/mol. The molecule has 26 heavy (non-hydrogen) atoms. The summed E-state index contributed by atoms with van der Waals surface area (Å²) in [6.45, 7) is 0. The van der Waals surface area contributed by atoms with Crippen LogP contribution in [0.15, 0.2) is 36.8 Å². The maximum atomic E-state index is 14.2. The number of nitrogens with one attached hydrogen (secondary N) is 2. The number of pyridine rings is 1. The Hall–Kier alpha value is -3.42. The van der Waals surface area contributed by atoms with E-state index in [2.05, 4.69) is 20.5 Å². The summed E-state index contributed by atoms with van der Waals surface area (Å²) in [6, 6.07) is 4.97. The highest BCUT2D eigenvalue weighted by Crippen LogP contribution is 2.35. The molecule has 3 heterocycles. The second-order valence-electron chi connectivity index (χ2n) is 6.55. The summed E-state index contributed by atoms with van der Waals surface area (Å²) in [5.74, 6) is 0.111. The molecule has 8 heteroatoms. The summed E-state index contributed by atoms with van der Waals surface area (Å²) in [7, 11) is 0. The molecule has 0 radical (unpaired) electrons. The van der Waals surface area contributed by atoms with Gasteiger partial charge < -0.3 is 15.5 Å². The predicted octanol–water partition coefficient (Wildman–Crippen LogP) is 2.95. The summed E-state index contributed by atoms with van der Waals surface area (Å²) in [6.07, 6.45) is 7.04. The monoisotopic (exact) mass is 350 g/mol. The number of benzene rings is 1. The number of aromatic nitrogens is 4. The molecule has 5 rings (SSSR count). The Morgan fingerprint density at radius 3 is 3.00 bits per heavy atom. The molecule has 0 saturated heterocycles. The van der Waals surface area contributed by atoms with E-state index in [-0.39, 0.29) is 17.5 Å². The molecule has 1 saturated carbocycles. The van der Waals surface area contributed by atoms with Gasteiger partial charge in [0.1, 0.15) is 11.5 Å². The van der Waals surface area contributed by atoms with Gasteiger partial charge in [0.05, 0.1) is 23.6 Å². The number of nitrogens with two attached hydrogens (primary N) is 1. The minimum atomic E-state index is -0.500. The van der Waals surface area contributed by atoms with E-state index < -0.39 is 5.82 Å². The number of nitrogens with zero attached hydrogens (tertiary/aromatic N) is 3. The Morgan fingerprint density at radius 2 is 2.19 bits per heavy atom. The molecule has 1 aliphatic carbocycles. The van der Waals surface area contributed by atoms with Crippen LogP contribution in [-0.2, 0) is 4.79 Å². The van der Waals surface area contributed by atoms with Crippen molar-refractivity contribution in [3.63, 3.8) is 0 Å². The zero-order valence-corrected chi connectivity index (χ0v) is 13.7. The van der Waals surface area contributed by atoms with Gasteiger partial charge in [0.15, 0.2) is 5.82 Å². The fourth-order valence-electron chi connectivity index (χ4n) is 3.16. The van der Waals surface area contributed by atoms with Crippen LogP contribution in [0, 0.1) is 11.7 Å². The van der Waals surface area contributed by atoms with Crippen LogP contribution in [0.1, 0.15) is 12.8 Å². The lowest BCUT2D eigenvalue weighted by Gasteiger charge is -2.09. The van der Waals surface area contributed by atoms with E-state index in [0.29, 0.717) is 22.5 Å². The highest BCUT2D eigenvalue weighted by molar-refractivity contribution is 6.00. The second kappa shape index (κ2) is 5.29. The molecular formula is C18H15FN6O. The van der Waals surface area contributed by atoms with E-state index in [9.17, 15) is 9.18 Å². The first-order chi connectivity index (χ1) is 12.6. The topological polar surface area (TPSA) is 101 Å². The number of carbonyl (C=O) groups is 1. The van der Waals surface area contributed by atoms with Gasteiger partial charge in [0.25, 0.3) is 0 Å². The van der Waals surface area contributed by atoms with Crippen LogP contribution in [0.4, 0.5) is 15.9 Å². The number of hydrogen-bond acceptors (Lipinski definition) is 4. The zero-order valence-electron chi connectivity index (χ0n) is 13.7. The fraction of sp³-hybridized carbons (Fsp3) is 0.167. The van der Waals surface area contributed by atoms with Crippen molar-refractivity contribution < 1.29 is 9.18 Å². The van der Waals surface area contributed by atoms with Gasteiger partial charge in [-0.3, -0.25) is 9.89 Å². The molecule has 1 fully saturated rings. The molecule has 1 amide bonds. The van der Waals surface area contributed by atoms with Crippen molar-refractivity contribution >= 4 is 34.0 Å². The number of anilines is 2. The summed E-state index contributed by atoms with van der Waals surface area (Å²) in [4.78, 5) is 16.3. The van der Waals surface area contributed by atoms with E-state index in [0.717, 1.165) is 23.8 Å².